The molecule has 5 rings (SSSR count). The van der Waals surface area contributed by atoms with Gasteiger partial charge in [0.25, 0.3) is 5.91 Å². The number of ether oxygens (including phenoxy) is 1. The topological polar surface area (TPSA) is 103 Å². The van der Waals surface area contributed by atoms with Crippen LogP contribution >= 0.6 is 0 Å². The Morgan fingerprint density at radius 3 is 2.39 bits per heavy atom. The molecule has 1 atom stereocenters. The number of carbonyl (C=O) groups excluding carboxylic acids is 1. The van der Waals surface area contributed by atoms with Gasteiger partial charge in [0, 0.05) is 34.1 Å². The van der Waals surface area contributed by atoms with Crippen LogP contribution in [0.15, 0.2) is 115 Å². The molecule has 6 nitrogen and oxygen atoms in total. The maximum atomic E-state index is 12.8. The third-order valence-electron chi connectivity index (χ3n) is 6.90. The third kappa shape index (κ3) is 6.99. The van der Waals surface area contributed by atoms with Crippen LogP contribution in [-0.4, -0.2) is 17.5 Å². The normalized spacial score (nSPS) is 11.6. The minimum atomic E-state index is -0.222. The second-order valence-corrected chi connectivity index (χ2v) is 10.0. The lowest BCUT2D eigenvalue weighted by Gasteiger charge is -2.16. The molecule has 0 saturated heterocycles. The summed E-state index contributed by atoms with van der Waals surface area (Å²) >= 11 is 0. The molecule has 0 aliphatic carbocycles. The smallest absolute Gasteiger partial charge is 0.255 e. The number of benzene rings is 4. The van der Waals surface area contributed by atoms with Crippen LogP contribution in [0.1, 0.15) is 40.9 Å². The van der Waals surface area contributed by atoms with E-state index < -0.39 is 0 Å². The Bertz CT molecular complexity index is 1620. The minimum Gasteiger partial charge on any atom is -0.492 e. The van der Waals surface area contributed by atoms with Gasteiger partial charge in [-0.25, -0.2) is 0 Å². The molecule has 5 aromatic rings. The maximum absolute atomic E-state index is 12.8. The summed E-state index contributed by atoms with van der Waals surface area (Å²) in [6, 6.07) is 34.9. The van der Waals surface area contributed by atoms with Gasteiger partial charge in [0.15, 0.2) is 0 Å². The number of anilines is 2. The van der Waals surface area contributed by atoms with Crippen LogP contribution in [0.3, 0.4) is 0 Å². The summed E-state index contributed by atoms with van der Waals surface area (Å²) in [5, 5.41) is 2.99. The predicted octanol–water partition coefficient (Wildman–Crippen LogP) is 7.28. The van der Waals surface area contributed by atoms with E-state index in [1.807, 2.05) is 79.7 Å². The van der Waals surface area contributed by atoms with E-state index in [9.17, 15) is 4.79 Å². The fourth-order valence-corrected chi connectivity index (χ4v) is 4.76. The van der Waals surface area contributed by atoms with E-state index in [-0.39, 0.29) is 11.9 Å². The van der Waals surface area contributed by atoms with E-state index in [4.69, 9.17) is 21.2 Å². The molecule has 1 amide bonds. The molecule has 6 heteroatoms. The monoisotopic (exact) mass is 542 g/mol. The highest BCUT2D eigenvalue weighted by atomic mass is 16.5. The van der Waals surface area contributed by atoms with Crippen molar-refractivity contribution in [2.24, 2.45) is 5.73 Å². The average molecular weight is 543 g/mol. The van der Waals surface area contributed by atoms with Crippen molar-refractivity contribution in [3.63, 3.8) is 0 Å². The van der Waals surface area contributed by atoms with Crippen LogP contribution in [0.25, 0.3) is 22.4 Å². The molecule has 1 aromatic heterocycles. The second kappa shape index (κ2) is 12.9. The van der Waals surface area contributed by atoms with Crippen molar-refractivity contribution >= 4 is 17.3 Å². The molecule has 206 valence electrons. The number of nitrogen functional groups attached to an aromatic ring is 1. The first-order valence-corrected chi connectivity index (χ1v) is 13.8. The number of aromatic nitrogens is 1. The average Bonchev–Trinajstić information content (AvgIpc) is 3.00. The summed E-state index contributed by atoms with van der Waals surface area (Å²) in [6.07, 6.45) is 3.58. The molecule has 5 N–H and O–H groups in total. The lowest BCUT2D eigenvalue weighted by Crippen LogP contribution is -2.11. The number of pyridine rings is 1. The molecule has 0 bridgehead atoms. The van der Waals surface area contributed by atoms with Crippen molar-refractivity contribution in [2.75, 3.05) is 17.7 Å². The third-order valence-corrected chi connectivity index (χ3v) is 6.90. The molecule has 41 heavy (non-hydrogen) atoms. The first-order valence-electron chi connectivity index (χ1n) is 13.8. The van der Waals surface area contributed by atoms with Gasteiger partial charge in [0.05, 0.1) is 18.5 Å². The highest BCUT2D eigenvalue weighted by molar-refractivity contribution is 6.04. The fourth-order valence-electron chi connectivity index (χ4n) is 4.76. The van der Waals surface area contributed by atoms with Gasteiger partial charge in [-0.2, -0.15) is 0 Å². The van der Waals surface area contributed by atoms with Crippen LogP contribution in [-0.2, 0) is 6.42 Å². The van der Waals surface area contributed by atoms with Crippen molar-refractivity contribution in [3.05, 3.63) is 132 Å². The van der Waals surface area contributed by atoms with E-state index >= 15 is 0 Å². The largest absolute Gasteiger partial charge is 0.492 e. The van der Waals surface area contributed by atoms with Crippen LogP contribution < -0.4 is 21.5 Å². The predicted molar refractivity (Wildman–Crippen MR) is 167 cm³/mol. The lowest BCUT2D eigenvalue weighted by atomic mass is 9.95. The molecule has 0 aliphatic heterocycles. The van der Waals surface area contributed by atoms with E-state index in [0.29, 0.717) is 29.3 Å². The van der Waals surface area contributed by atoms with Crippen molar-refractivity contribution in [3.8, 4) is 28.1 Å². The summed E-state index contributed by atoms with van der Waals surface area (Å²) in [5.74, 6) is 0.514. The summed E-state index contributed by atoms with van der Waals surface area (Å²) in [4.78, 5) is 17.6. The van der Waals surface area contributed by atoms with Gasteiger partial charge in [-0.1, -0.05) is 66.7 Å². The van der Waals surface area contributed by atoms with Gasteiger partial charge < -0.3 is 21.5 Å². The van der Waals surface area contributed by atoms with Crippen molar-refractivity contribution in [2.45, 2.75) is 25.8 Å². The SMILES string of the molecule is CC(N)c1cc(-c2cc(OCCCc3ccccc3)cnc2-c2cccc(NC(=O)c3ccccc3)c2)ccc1N. The molecule has 0 fully saturated rings. The van der Waals surface area contributed by atoms with Gasteiger partial charge >= 0.3 is 0 Å². The zero-order valence-electron chi connectivity index (χ0n) is 23.1. The quantitative estimate of drug-likeness (QED) is 0.127. The van der Waals surface area contributed by atoms with Crippen LogP contribution in [0, 0.1) is 0 Å². The van der Waals surface area contributed by atoms with Gasteiger partial charge in [-0.05, 0) is 78.9 Å². The van der Waals surface area contributed by atoms with E-state index in [2.05, 4.69) is 29.6 Å². The maximum Gasteiger partial charge on any atom is 0.255 e. The summed E-state index contributed by atoms with van der Waals surface area (Å²) in [5.41, 5.74) is 20.0. The lowest BCUT2D eigenvalue weighted by molar-refractivity contribution is 0.102. The van der Waals surface area contributed by atoms with Crippen molar-refractivity contribution in [1.82, 2.24) is 4.98 Å². The number of nitrogens with one attached hydrogen (secondary N) is 1. The number of amides is 1. The zero-order valence-corrected chi connectivity index (χ0v) is 23.1. The number of hydrogen-bond donors (Lipinski definition) is 3. The fraction of sp³-hybridized carbons (Fsp3) is 0.143. The first kappa shape index (κ1) is 27.6. The molecule has 4 aromatic carbocycles. The van der Waals surface area contributed by atoms with Crippen molar-refractivity contribution < 1.29 is 9.53 Å². The van der Waals surface area contributed by atoms with Crippen LogP contribution in [0.4, 0.5) is 11.4 Å². The van der Waals surface area contributed by atoms with Gasteiger partial charge in [-0.3, -0.25) is 9.78 Å². The van der Waals surface area contributed by atoms with Gasteiger partial charge in [-0.15, -0.1) is 0 Å². The molecule has 0 radical (unpaired) electrons. The Morgan fingerprint density at radius 1 is 0.878 bits per heavy atom. The standard InChI is InChI=1S/C35H34N4O2/c1-24(36)31-21-27(17-18-33(31)37)32-22-30(41-19-9-12-25-10-4-2-5-11-25)23-38-34(32)28-15-8-16-29(20-28)39-35(40)26-13-6-3-7-14-26/h2-8,10-11,13-18,20-24H,9,12,19,36-37H2,1H3,(H,39,40). The molecule has 0 spiro atoms. The Kier molecular flexibility index (Phi) is 8.72. The zero-order chi connectivity index (χ0) is 28.6. The Balaban J connectivity index is 1.44. The molecular weight excluding hydrogens is 508 g/mol. The number of carbonyl (C=O) groups is 1. The number of rotatable bonds is 10. The van der Waals surface area contributed by atoms with Gasteiger partial charge in [0.1, 0.15) is 5.75 Å². The van der Waals surface area contributed by atoms with Crippen LogP contribution in [0.2, 0.25) is 0 Å². The summed E-state index contributed by atoms with van der Waals surface area (Å²) in [6.45, 7) is 2.49. The van der Waals surface area contributed by atoms with E-state index in [1.165, 1.54) is 5.56 Å². The Labute approximate surface area is 241 Å². The summed E-state index contributed by atoms with van der Waals surface area (Å²) in [7, 11) is 0. The Hall–Kier alpha value is -4.94. The molecule has 0 saturated carbocycles. The Morgan fingerprint density at radius 2 is 1.63 bits per heavy atom. The number of hydrogen-bond acceptors (Lipinski definition) is 5. The molecule has 0 aliphatic rings. The number of nitrogens with two attached hydrogens (primary N) is 2. The number of aryl methyl sites for hydroxylation is 1. The molecule has 1 heterocycles. The molecule has 1 unspecified atom stereocenters. The molecular formula is C35H34N4O2. The van der Waals surface area contributed by atoms with Gasteiger partial charge in [0.2, 0.25) is 0 Å². The second-order valence-electron chi connectivity index (χ2n) is 10.0. The van der Waals surface area contributed by atoms with E-state index in [1.54, 1.807) is 18.3 Å². The first-order chi connectivity index (χ1) is 20.0. The number of nitrogens with zero attached hydrogens (tertiary/aromatic N) is 1. The highest BCUT2D eigenvalue weighted by Gasteiger charge is 2.15. The minimum absolute atomic E-state index is 0.171. The van der Waals surface area contributed by atoms with Crippen molar-refractivity contribution in [1.29, 1.82) is 0 Å². The van der Waals surface area contributed by atoms with E-state index in [0.717, 1.165) is 40.8 Å². The summed E-state index contributed by atoms with van der Waals surface area (Å²) < 4.78 is 6.14. The van der Waals surface area contributed by atoms with Crippen LogP contribution in [0.5, 0.6) is 5.75 Å². The highest BCUT2D eigenvalue weighted by Crippen LogP contribution is 2.36.